The number of likely N-dealkylation sites (N-methyl/N-ethyl adjacent to an activating group) is 1. The van der Waals surface area contributed by atoms with Crippen LogP contribution in [0.25, 0.3) is 0 Å². The third-order valence-corrected chi connectivity index (χ3v) is 2.95. The van der Waals surface area contributed by atoms with E-state index in [1.165, 1.54) is 0 Å². The van der Waals surface area contributed by atoms with Gasteiger partial charge in [0.25, 0.3) is 0 Å². The topological polar surface area (TPSA) is 64.8 Å². The van der Waals surface area contributed by atoms with Crippen molar-refractivity contribution in [1.82, 2.24) is 4.90 Å². The van der Waals surface area contributed by atoms with Crippen molar-refractivity contribution < 1.29 is 14.3 Å². The van der Waals surface area contributed by atoms with Crippen molar-refractivity contribution in [3.05, 3.63) is 23.8 Å². The fourth-order valence-electron chi connectivity index (χ4n) is 1.96. The maximum absolute atomic E-state index is 11.3. The summed E-state index contributed by atoms with van der Waals surface area (Å²) in [6.45, 7) is 5.22. The average molecular weight is 250 g/mol. The number of hydrogen-bond donors (Lipinski definition) is 1. The van der Waals surface area contributed by atoms with Crippen molar-refractivity contribution in [3.63, 3.8) is 0 Å². The van der Waals surface area contributed by atoms with Crippen LogP contribution in [0, 0.1) is 0 Å². The Morgan fingerprint density at radius 3 is 3.11 bits per heavy atom. The van der Waals surface area contributed by atoms with Crippen molar-refractivity contribution in [2.24, 2.45) is 5.73 Å². The van der Waals surface area contributed by atoms with E-state index in [0.717, 1.165) is 25.2 Å². The van der Waals surface area contributed by atoms with Crippen LogP contribution in [0.1, 0.15) is 12.5 Å². The van der Waals surface area contributed by atoms with E-state index in [4.69, 9.17) is 15.2 Å². The summed E-state index contributed by atoms with van der Waals surface area (Å²) in [5, 5.41) is 0. The van der Waals surface area contributed by atoms with E-state index >= 15 is 0 Å². The largest absolute Gasteiger partial charge is 0.488 e. The van der Waals surface area contributed by atoms with E-state index in [9.17, 15) is 4.79 Å². The number of para-hydroxylation sites is 1. The Hall–Kier alpha value is -1.59. The van der Waals surface area contributed by atoms with Gasteiger partial charge in [0.05, 0.1) is 6.54 Å². The highest BCUT2D eigenvalue weighted by Gasteiger charge is 2.19. The van der Waals surface area contributed by atoms with Gasteiger partial charge < -0.3 is 15.2 Å². The van der Waals surface area contributed by atoms with Gasteiger partial charge in [-0.05, 0) is 12.6 Å². The first-order valence-corrected chi connectivity index (χ1v) is 6.12. The fraction of sp³-hybridized carbons (Fsp3) is 0.462. The van der Waals surface area contributed by atoms with Gasteiger partial charge in [-0.3, -0.25) is 9.69 Å². The lowest BCUT2D eigenvalue weighted by Crippen LogP contribution is -2.25. The Morgan fingerprint density at radius 2 is 2.39 bits per heavy atom. The maximum atomic E-state index is 11.3. The number of rotatable bonds is 3. The molecule has 0 fully saturated rings. The smallest absolute Gasteiger partial charge is 0.325 e. The number of carbonyl (C=O) groups excluding carboxylic acids is 1. The van der Waals surface area contributed by atoms with Gasteiger partial charge in [-0.2, -0.15) is 0 Å². The van der Waals surface area contributed by atoms with E-state index in [0.29, 0.717) is 18.1 Å². The van der Waals surface area contributed by atoms with Gasteiger partial charge >= 0.3 is 5.97 Å². The second-order valence-electron chi connectivity index (χ2n) is 4.14. The number of carbonyl (C=O) groups is 1. The van der Waals surface area contributed by atoms with Crippen molar-refractivity contribution >= 4 is 5.97 Å². The molecule has 1 aromatic rings. The second kappa shape index (κ2) is 5.84. The van der Waals surface area contributed by atoms with Crippen molar-refractivity contribution in [3.8, 4) is 11.5 Å². The first-order valence-electron chi connectivity index (χ1n) is 6.12. The molecule has 0 unspecified atom stereocenters. The minimum atomic E-state index is -0.455. The van der Waals surface area contributed by atoms with E-state index in [-0.39, 0.29) is 6.54 Å². The van der Waals surface area contributed by atoms with Crippen molar-refractivity contribution in [1.29, 1.82) is 0 Å². The van der Waals surface area contributed by atoms with E-state index in [2.05, 4.69) is 11.8 Å². The molecule has 1 aliphatic heterocycles. The summed E-state index contributed by atoms with van der Waals surface area (Å²) < 4.78 is 10.9. The number of esters is 1. The number of fused-ring (bicyclic) bond motifs is 1. The van der Waals surface area contributed by atoms with Crippen LogP contribution in [-0.2, 0) is 11.3 Å². The number of hydrogen-bond acceptors (Lipinski definition) is 5. The summed E-state index contributed by atoms with van der Waals surface area (Å²) in [6.07, 6.45) is 0. The van der Waals surface area contributed by atoms with Crippen LogP contribution in [0.5, 0.6) is 11.5 Å². The highest BCUT2D eigenvalue weighted by molar-refractivity contribution is 5.75. The number of nitrogens with two attached hydrogens (primary N) is 1. The second-order valence-corrected chi connectivity index (χ2v) is 4.14. The summed E-state index contributed by atoms with van der Waals surface area (Å²) in [6, 6.07) is 5.58. The Bertz CT molecular complexity index is 434. The van der Waals surface area contributed by atoms with Crippen LogP contribution in [-0.4, -0.2) is 37.1 Å². The summed E-state index contributed by atoms with van der Waals surface area (Å²) in [5.74, 6) is 0.666. The lowest BCUT2D eigenvalue weighted by Gasteiger charge is -2.16. The average Bonchev–Trinajstić information content (AvgIpc) is 2.61. The molecule has 0 saturated heterocycles. The molecule has 1 aliphatic rings. The van der Waals surface area contributed by atoms with Gasteiger partial charge in [0.1, 0.15) is 6.61 Å². The Balaban J connectivity index is 2.26. The molecule has 0 spiro atoms. The van der Waals surface area contributed by atoms with Gasteiger partial charge in [0, 0.05) is 18.7 Å². The molecule has 98 valence electrons. The zero-order valence-electron chi connectivity index (χ0n) is 10.5. The van der Waals surface area contributed by atoms with Gasteiger partial charge in [0.2, 0.25) is 0 Å². The Labute approximate surface area is 106 Å². The predicted molar refractivity (Wildman–Crippen MR) is 67.6 cm³/mol. The lowest BCUT2D eigenvalue weighted by atomic mass is 10.1. The molecule has 1 aromatic carbocycles. The van der Waals surface area contributed by atoms with Crippen LogP contribution in [0.3, 0.4) is 0 Å². The van der Waals surface area contributed by atoms with Crippen LogP contribution in [0.2, 0.25) is 0 Å². The molecule has 0 aliphatic carbocycles. The standard InChI is InChI=1S/C13H18N2O3/c1-2-15-6-7-17-13-10(9-15)4-3-5-11(13)18-12(16)8-14/h3-5H,2,6-9,14H2,1H3. The van der Waals surface area contributed by atoms with E-state index in [1.54, 1.807) is 6.07 Å². The van der Waals surface area contributed by atoms with E-state index in [1.807, 2.05) is 12.1 Å². The van der Waals surface area contributed by atoms with Crippen LogP contribution in [0.4, 0.5) is 0 Å². The predicted octanol–water partition coefficient (Wildman–Crippen LogP) is 0.765. The molecule has 2 rings (SSSR count). The van der Waals surface area contributed by atoms with Crippen LogP contribution < -0.4 is 15.2 Å². The molecule has 5 heteroatoms. The number of benzene rings is 1. The summed E-state index contributed by atoms with van der Waals surface area (Å²) in [7, 11) is 0. The maximum Gasteiger partial charge on any atom is 0.325 e. The first-order chi connectivity index (χ1) is 8.74. The van der Waals surface area contributed by atoms with Crippen LogP contribution >= 0.6 is 0 Å². The SMILES string of the molecule is CCN1CCOc2c(cccc2OC(=O)CN)C1. The van der Waals surface area contributed by atoms with Crippen LogP contribution in [0.15, 0.2) is 18.2 Å². The molecule has 2 N–H and O–H groups in total. The first kappa shape index (κ1) is 12.9. The number of nitrogens with zero attached hydrogens (tertiary/aromatic N) is 1. The molecule has 0 bridgehead atoms. The lowest BCUT2D eigenvalue weighted by molar-refractivity contribution is -0.132. The monoisotopic (exact) mass is 250 g/mol. The molecule has 0 aromatic heterocycles. The minimum Gasteiger partial charge on any atom is -0.488 e. The number of ether oxygens (including phenoxy) is 2. The summed E-state index contributed by atoms with van der Waals surface area (Å²) >= 11 is 0. The summed E-state index contributed by atoms with van der Waals surface area (Å²) in [4.78, 5) is 13.5. The zero-order chi connectivity index (χ0) is 13.0. The fourth-order valence-corrected chi connectivity index (χ4v) is 1.96. The highest BCUT2D eigenvalue weighted by atomic mass is 16.6. The molecule has 1 heterocycles. The van der Waals surface area contributed by atoms with Crippen molar-refractivity contribution in [2.75, 3.05) is 26.2 Å². The highest BCUT2D eigenvalue weighted by Crippen LogP contribution is 2.33. The summed E-state index contributed by atoms with van der Waals surface area (Å²) in [5.41, 5.74) is 6.29. The third-order valence-electron chi connectivity index (χ3n) is 2.95. The molecular weight excluding hydrogens is 232 g/mol. The molecule has 0 amide bonds. The molecule has 0 saturated carbocycles. The minimum absolute atomic E-state index is 0.134. The molecule has 0 radical (unpaired) electrons. The van der Waals surface area contributed by atoms with Gasteiger partial charge in [-0.1, -0.05) is 19.1 Å². The van der Waals surface area contributed by atoms with E-state index < -0.39 is 5.97 Å². The Morgan fingerprint density at radius 1 is 1.56 bits per heavy atom. The molecule has 5 nitrogen and oxygen atoms in total. The van der Waals surface area contributed by atoms with Gasteiger partial charge in [-0.15, -0.1) is 0 Å². The Kier molecular flexibility index (Phi) is 4.17. The normalized spacial score (nSPS) is 15.4. The quantitative estimate of drug-likeness (QED) is 0.634. The van der Waals surface area contributed by atoms with Crippen molar-refractivity contribution in [2.45, 2.75) is 13.5 Å². The zero-order valence-corrected chi connectivity index (χ0v) is 10.5. The third kappa shape index (κ3) is 2.80. The van der Waals surface area contributed by atoms with Gasteiger partial charge in [-0.25, -0.2) is 0 Å². The molecule has 18 heavy (non-hydrogen) atoms. The molecular formula is C13H18N2O3. The van der Waals surface area contributed by atoms with Gasteiger partial charge in [0.15, 0.2) is 11.5 Å². The molecule has 0 atom stereocenters.